The Labute approximate surface area is 150 Å². The highest BCUT2D eigenvalue weighted by Gasteiger charge is 2.20. The minimum atomic E-state index is -0.314. The average molecular weight is 338 g/mol. The highest BCUT2D eigenvalue weighted by molar-refractivity contribution is 5.34. The molecule has 3 heteroatoms. The molecule has 0 N–H and O–H groups in total. The van der Waals surface area contributed by atoms with Gasteiger partial charge in [-0.1, -0.05) is 33.3 Å². The van der Waals surface area contributed by atoms with Crippen molar-refractivity contribution in [2.75, 3.05) is 33.4 Å². The molecule has 24 heavy (non-hydrogen) atoms. The standard InChI is InChI=1S/C18H31NO2.C3H8/c1-7-10-19(6)11-12-20-14-18(4,5)21-17-9-8-15(2)16(3)13-17;1-3-2/h8-9,13H,7,10-12,14H2,1-6H3;3H2,1-2H3. The van der Waals surface area contributed by atoms with Gasteiger partial charge in [-0.15, -0.1) is 0 Å². The van der Waals surface area contributed by atoms with Gasteiger partial charge in [-0.25, -0.2) is 0 Å². The Morgan fingerprint density at radius 2 is 1.62 bits per heavy atom. The van der Waals surface area contributed by atoms with E-state index >= 15 is 0 Å². The second-order valence-corrected chi connectivity index (χ2v) is 7.17. The van der Waals surface area contributed by atoms with Crippen molar-refractivity contribution in [3.63, 3.8) is 0 Å². The Hall–Kier alpha value is -1.06. The summed E-state index contributed by atoms with van der Waals surface area (Å²) in [6.07, 6.45) is 2.43. The number of likely N-dealkylation sites (N-methyl/N-ethyl adjacent to an activating group) is 1. The molecule has 0 aliphatic rings. The van der Waals surface area contributed by atoms with E-state index < -0.39 is 0 Å². The van der Waals surface area contributed by atoms with Crippen LogP contribution in [0.15, 0.2) is 18.2 Å². The number of hydrogen-bond donors (Lipinski definition) is 0. The number of hydrogen-bond acceptors (Lipinski definition) is 3. The van der Waals surface area contributed by atoms with Crippen LogP contribution in [-0.2, 0) is 4.74 Å². The van der Waals surface area contributed by atoms with Gasteiger partial charge < -0.3 is 14.4 Å². The molecule has 3 nitrogen and oxygen atoms in total. The molecule has 0 radical (unpaired) electrons. The molecule has 0 aliphatic carbocycles. The predicted molar refractivity (Wildman–Crippen MR) is 105 cm³/mol. The molecule has 0 saturated carbocycles. The Morgan fingerprint density at radius 3 is 2.17 bits per heavy atom. The van der Waals surface area contributed by atoms with Crippen molar-refractivity contribution in [2.45, 2.75) is 66.9 Å². The summed E-state index contributed by atoms with van der Waals surface area (Å²) in [5, 5.41) is 0. The van der Waals surface area contributed by atoms with Gasteiger partial charge in [0, 0.05) is 6.54 Å². The minimum Gasteiger partial charge on any atom is -0.485 e. The van der Waals surface area contributed by atoms with E-state index in [2.05, 4.69) is 72.5 Å². The maximum Gasteiger partial charge on any atom is 0.127 e. The van der Waals surface area contributed by atoms with Crippen molar-refractivity contribution >= 4 is 0 Å². The zero-order chi connectivity index (χ0) is 18.6. The van der Waals surface area contributed by atoms with E-state index in [0.717, 1.165) is 25.4 Å². The van der Waals surface area contributed by atoms with Crippen molar-refractivity contribution in [2.24, 2.45) is 0 Å². The van der Waals surface area contributed by atoms with E-state index in [1.54, 1.807) is 0 Å². The van der Waals surface area contributed by atoms with Crippen LogP contribution in [0, 0.1) is 13.8 Å². The molecule has 140 valence electrons. The van der Waals surface area contributed by atoms with Gasteiger partial charge in [0.05, 0.1) is 13.2 Å². The van der Waals surface area contributed by atoms with Crippen LogP contribution in [0.5, 0.6) is 5.75 Å². The third-order valence-electron chi connectivity index (χ3n) is 3.54. The van der Waals surface area contributed by atoms with Crippen LogP contribution < -0.4 is 4.74 Å². The molecular weight excluding hydrogens is 298 g/mol. The van der Waals surface area contributed by atoms with Crippen molar-refractivity contribution in [3.05, 3.63) is 29.3 Å². The lowest BCUT2D eigenvalue weighted by molar-refractivity contribution is -0.00782. The quantitative estimate of drug-likeness (QED) is 0.576. The lowest BCUT2D eigenvalue weighted by Crippen LogP contribution is -2.35. The summed E-state index contributed by atoms with van der Waals surface area (Å²) in [6, 6.07) is 6.21. The normalized spacial score (nSPS) is 11.2. The fourth-order valence-corrected chi connectivity index (χ4v) is 2.16. The number of rotatable bonds is 9. The number of ether oxygens (including phenoxy) is 2. The molecule has 0 bridgehead atoms. The average Bonchev–Trinajstić information content (AvgIpc) is 2.48. The second-order valence-electron chi connectivity index (χ2n) is 7.17. The molecular formula is C21H39NO2. The van der Waals surface area contributed by atoms with E-state index in [1.165, 1.54) is 24.0 Å². The summed E-state index contributed by atoms with van der Waals surface area (Å²) in [5.41, 5.74) is 2.23. The lowest BCUT2D eigenvalue weighted by atomic mass is 10.1. The Balaban J connectivity index is 0.00000163. The van der Waals surface area contributed by atoms with E-state index in [4.69, 9.17) is 9.47 Å². The lowest BCUT2D eigenvalue weighted by Gasteiger charge is -2.27. The topological polar surface area (TPSA) is 21.7 Å². The van der Waals surface area contributed by atoms with E-state index in [9.17, 15) is 0 Å². The molecule has 1 aromatic carbocycles. The van der Waals surface area contributed by atoms with Crippen molar-refractivity contribution in [1.29, 1.82) is 0 Å². The molecule has 0 heterocycles. The van der Waals surface area contributed by atoms with Crippen LogP contribution in [0.1, 0.15) is 58.6 Å². The number of benzene rings is 1. The molecule has 0 spiro atoms. The highest BCUT2D eigenvalue weighted by Crippen LogP contribution is 2.21. The minimum absolute atomic E-state index is 0.314. The first kappa shape index (κ1) is 22.9. The molecule has 0 atom stereocenters. The van der Waals surface area contributed by atoms with Crippen molar-refractivity contribution in [1.82, 2.24) is 4.90 Å². The molecule has 0 amide bonds. The first-order chi connectivity index (χ1) is 11.3. The van der Waals surface area contributed by atoms with Crippen molar-refractivity contribution in [3.8, 4) is 5.75 Å². The second kappa shape index (κ2) is 12.3. The first-order valence-corrected chi connectivity index (χ1v) is 9.28. The third-order valence-corrected chi connectivity index (χ3v) is 3.54. The van der Waals surface area contributed by atoms with Gasteiger partial charge in [-0.3, -0.25) is 0 Å². The Bertz CT molecular complexity index is 443. The summed E-state index contributed by atoms with van der Waals surface area (Å²) in [6.45, 7) is 18.2. The maximum absolute atomic E-state index is 6.05. The molecule has 0 unspecified atom stereocenters. The van der Waals surface area contributed by atoms with Gasteiger partial charge in [0.2, 0.25) is 0 Å². The summed E-state index contributed by atoms with van der Waals surface area (Å²) in [7, 11) is 2.13. The van der Waals surface area contributed by atoms with Crippen LogP contribution in [0.2, 0.25) is 0 Å². The van der Waals surface area contributed by atoms with E-state index in [-0.39, 0.29) is 5.60 Å². The van der Waals surface area contributed by atoms with Gasteiger partial charge >= 0.3 is 0 Å². The van der Waals surface area contributed by atoms with Gasteiger partial charge in [0.25, 0.3) is 0 Å². The molecule has 0 saturated heterocycles. The van der Waals surface area contributed by atoms with E-state index in [1.807, 2.05) is 6.07 Å². The van der Waals surface area contributed by atoms with Crippen LogP contribution in [0.3, 0.4) is 0 Å². The molecule has 0 aromatic heterocycles. The molecule has 1 rings (SSSR count). The third kappa shape index (κ3) is 10.7. The van der Waals surface area contributed by atoms with Crippen LogP contribution in [0.4, 0.5) is 0 Å². The van der Waals surface area contributed by atoms with Gasteiger partial charge in [-0.2, -0.15) is 0 Å². The van der Waals surface area contributed by atoms with E-state index in [0.29, 0.717) is 6.61 Å². The summed E-state index contributed by atoms with van der Waals surface area (Å²) >= 11 is 0. The fraction of sp³-hybridized carbons (Fsp3) is 0.714. The first-order valence-electron chi connectivity index (χ1n) is 9.28. The summed E-state index contributed by atoms with van der Waals surface area (Å²) in [5.74, 6) is 0.912. The molecule has 0 aliphatic heterocycles. The Kier molecular flexibility index (Phi) is 11.8. The molecule has 1 aromatic rings. The van der Waals surface area contributed by atoms with Gasteiger partial charge in [0.1, 0.15) is 11.4 Å². The van der Waals surface area contributed by atoms with Crippen LogP contribution >= 0.6 is 0 Å². The zero-order valence-corrected chi connectivity index (χ0v) is 17.2. The maximum atomic E-state index is 6.05. The monoisotopic (exact) mass is 337 g/mol. The van der Waals surface area contributed by atoms with Gasteiger partial charge in [-0.05, 0) is 71.0 Å². The predicted octanol–water partition coefficient (Wildman–Crippen LogP) is 5.24. The number of aryl methyl sites for hydroxylation is 2. The smallest absolute Gasteiger partial charge is 0.127 e. The fourth-order valence-electron chi connectivity index (χ4n) is 2.16. The summed E-state index contributed by atoms with van der Waals surface area (Å²) in [4.78, 5) is 2.29. The Morgan fingerprint density at radius 1 is 1.00 bits per heavy atom. The SMILES string of the molecule is CCC.CCCN(C)CCOCC(C)(C)Oc1ccc(C)c(C)c1. The number of nitrogens with zero attached hydrogens (tertiary/aromatic N) is 1. The summed E-state index contributed by atoms with van der Waals surface area (Å²) < 4.78 is 11.8. The van der Waals surface area contributed by atoms with Crippen LogP contribution in [0.25, 0.3) is 0 Å². The van der Waals surface area contributed by atoms with Crippen LogP contribution in [-0.4, -0.2) is 43.9 Å². The molecule has 0 fully saturated rings. The zero-order valence-electron chi connectivity index (χ0n) is 17.2. The van der Waals surface area contributed by atoms with Gasteiger partial charge in [0.15, 0.2) is 0 Å². The van der Waals surface area contributed by atoms with Crippen molar-refractivity contribution < 1.29 is 9.47 Å². The highest BCUT2D eigenvalue weighted by atomic mass is 16.5. The largest absolute Gasteiger partial charge is 0.485 e.